The van der Waals surface area contributed by atoms with Crippen LogP contribution in [0, 0.1) is 11.8 Å². The minimum absolute atomic E-state index is 0.0105. The van der Waals surface area contributed by atoms with Crippen molar-refractivity contribution >= 4 is 11.9 Å². The first-order chi connectivity index (χ1) is 8.83. The summed E-state index contributed by atoms with van der Waals surface area (Å²) in [5, 5.41) is 12.0. The Kier molecular flexibility index (Phi) is 5.83. The molecule has 0 aromatic rings. The molecule has 1 rings (SSSR count). The van der Waals surface area contributed by atoms with Gasteiger partial charge in [-0.1, -0.05) is 33.6 Å². The number of carboxylic acids is 1. The van der Waals surface area contributed by atoms with Crippen molar-refractivity contribution in [2.24, 2.45) is 11.8 Å². The van der Waals surface area contributed by atoms with Crippen LogP contribution >= 0.6 is 0 Å². The summed E-state index contributed by atoms with van der Waals surface area (Å²) in [5.74, 6) is 0.124. The molecule has 0 aromatic carbocycles. The van der Waals surface area contributed by atoms with Crippen molar-refractivity contribution in [1.29, 1.82) is 0 Å². The zero-order chi connectivity index (χ0) is 14.5. The monoisotopic (exact) mass is 269 g/mol. The van der Waals surface area contributed by atoms with E-state index in [-0.39, 0.29) is 12.3 Å². The maximum Gasteiger partial charge on any atom is 0.305 e. The predicted molar refractivity (Wildman–Crippen MR) is 74.8 cm³/mol. The molecule has 0 aromatic heterocycles. The van der Waals surface area contributed by atoms with Gasteiger partial charge in [0.2, 0.25) is 5.91 Å². The van der Waals surface area contributed by atoms with Crippen LogP contribution < -0.4 is 5.32 Å². The van der Waals surface area contributed by atoms with E-state index in [1.807, 2.05) is 0 Å². The van der Waals surface area contributed by atoms with Crippen molar-refractivity contribution in [2.45, 2.75) is 71.3 Å². The van der Waals surface area contributed by atoms with Crippen LogP contribution in [0.3, 0.4) is 0 Å². The maximum atomic E-state index is 12.1. The van der Waals surface area contributed by atoms with Crippen LogP contribution in [0.1, 0.15) is 65.7 Å². The van der Waals surface area contributed by atoms with Gasteiger partial charge < -0.3 is 10.4 Å². The summed E-state index contributed by atoms with van der Waals surface area (Å²) in [6.45, 7) is 6.38. The van der Waals surface area contributed by atoms with Crippen molar-refractivity contribution in [3.8, 4) is 0 Å². The SMILES string of the molecule is CC(C)CC(C)CC(=O)NC1(CC(=O)O)CCCC1. The molecule has 19 heavy (non-hydrogen) atoms. The van der Waals surface area contributed by atoms with E-state index in [9.17, 15) is 9.59 Å². The van der Waals surface area contributed by atoms with Gasteiger partial charge in [0, 0.05) is 6.42 Å². The van der Waals surface area contributed by atoms with Gasteiger partial charge in [0.15, 0.2) is 0 Å². The van der Waals surface area contributed by atoms with Gasteiger partial charge in [-0.3, -0.25) is 9.59 Å². The fourth-order valence-electron chi connectivity index (χ4n) is 3.24. The summed E-state index contributed by atoms with van der Waals surface area (Å²) in [4.78, 5) is 23.0. The molecule has 1 fully saturated rings. The Morgan fingerprint density at radius 1 is 1.21 bits per heavy atom. The predicted octanol–water partition coefficient (Wildman–Crippen LogP) is 2.96. The van der Waals surface area contributed by atoms with E-state index in [2.05, 4.69) is 26.1 Å². The first-order valence-corrected chi connectivity index (χ1v) is 7.36. The highest BCUT2D eigenvalue weighted by atomic mass is 16.4. The maximum absolute atomic E-state index is 12.1. The van der Waals surface area contributed by atoms with Gasteiger partial charge in [0.1, 0.15) is 0 Å². The van der Waals surface area contributed by atoms with E-state index in [0.29, 0.717) is 18.3 Å². The van der Waals surface area contributed by atoms with Crippen LogP contribution in [0.2, 0.25) is 0 Å². The molecule has 2 N–H and O–H groups in total. The molecule has 1 atom stereocenters. The lowest BCUT2D eigenvalue weighted by molar-refractivity contribution is -0.139. The molecule has 1 saturated carbocycles. The molecule has 1 aliphatic carbocycles. The number of hydrogen-bond acceptors (Lipinski definition) is 2. The summed E-state index contributed by atoms with van der Waals surface area (Å²) in [5.41, 5.74) is -0.486. The second-order valence-electron chi connectivity index (χ2n) is 6.54. The van der Waals surface area contributed by atoms with E-state index < -0.39 is 11.5 Å². The van der Waals surface area contributed by atoms with Crippen LogP contribution in [0.4, 0.5) is 0 Å². The van der Waals surface area contributed by atoms with Crippen LogP contribution in [0.5, 0.6) is 0 Å². The quantitative estimate of drug-likeness (QED) is 0.746. The molecular weight excluding hydrogens is 242 g/mol. The van der Waals surface area contributed by atoms with E-state index >= 15 is 0 Å². The second-order valence-corrected chi connectivity index (χ2v) is 6.54. The largest absolute Gasteiger partial charge is 0.481 e. The van der Waals surface area contributed by atoms with Crippen molar-refractivity contribution in [2.75, 3.05) is 0 Å². The highest BCUT2D eigenvalue weighted by Gasteiger charge is 2.37. The normalized spacial score (nSPS) is 19.4. The first-order valence-electron chi connectivity index (χ1n) is 7.36. The molecule has 0 bridgehead atoms. The molecule has 110 valence electrons. The fourth-order valence-corrected chi connectivity index (χ4v) is 3.24. The van der Waals surface area contributed by atoms with Gasteiger partial charge in [-0.25, -0.2) is 0 Å². The molecule has 1 unspecified atom stereocenters. The smallest absolute Gasteiger partial charge is 0.305 e. The highest BCUT2D eigenvalue weighted by molar-refractivity contribution is 5.78. The van der Waals surface area contributed by atoms with Crippen LogP contribution in [-0.2, 0) is 9.59 Å². The van der Waals surface area contributed by atoms with Crippen LogP contribution in [-0.4, -0.2) is 22.5 Å². The molecule has 1 amide bonds. The molecule has 1 aliphatic rings. The Labute approximate surface area is 116 Å². The molecule has 0 radical (unpaired) electrons. The summed E-state index contributed by atoms with van der Waals surface area (Å²) in [6.07, 6.45) is 5.19. The minimum atomic E-state index is -0.822. The van der Waals surface area contributed by atoms with Crippen molar-refractivity contribution in [1.82, 2.24) is 5.32 Å². The third-order valence-electron chi connectivity index (χ3n) is 3.86. The van der Waals surface area contributed by atoms with Crippen molar-refractivity contribution in [3.05, 3.63) is 0 Å². The summed E-state index contributed by atoms with van der Waals surface area (Å²) in [6, 6.07) is 0. The number of carbonyl (C=O) groups is 2. The fraction of sp³-hybridized carbons (Fsp3) is 0.867. The number of amides is 1. The van der Waals surface area contributed by atoms with Gasteiger partial charge >= 0.3 is 5.97 Å². The zero-order valence-corrected chi connectivity index (χ0v) is 12.4. The van der Waals surface area contributed by atoms with Gasteiger partial charge in [-0.05, 0) is 31.1 Å². The van der Waals surface area contributed by atoms with Crippen molar-refractivity contribution < 1.29 is 14.7 Å². The van der Waals surface area contributed by atoms with Gasteiger partial charge in [0.05, 0.1) is 12.0 Å². The summed E-state index contributed by atoms with van der Waals surface area (Å²) >= 11 is 0. The summed E-state index contributed by atoms with van der Waals surface area (Å²) in [7, 11) is 0. The number of carbonyl (C=O) groups excluding carboxylic acids is 1. The molecule has 0 heterocycles. The standard InChI is InChI=1S/C15H27NO3/c1-11(2)8-12(3)9-13(17)16-15(10-14(18)19)6-4-5-7-15/h11-12H,4-10H2,1-3H3,(H,16,17)(H,18,19). The van der Waals surface area contributed by atoms with Crippen molar-refractivity contribution in [3.63, 3.8) is 0 Å². The lowest BCUT2D eigenvalue weighted by atomic mass is 9.91. The average molecular weight is 269 g/mol. The number of nitrogens with one attached hydrogen (secondary N) is 1. The number of rotatable bonds is 7. The van der Waals surface area contributed by atoms with Crippen LogP contribution in [0.25, 0.3) is 0 Å². The molecular formula is C15H27NO3. The molecule has 0 spiro atoms. The summed E-state index contributed by atoms with van der Waals surface area (Å²) < 4.78 is 0. The zero-order valence-electron chi connectivity index (χ0n) is 12.4. The molecule has 0 aliphatic heterocycles. The third kappa shape index (κ3) is 5.62. The van der Waals surface area contributed by atoms with Gasteiger partial charge in [-0.2, -0.15) is 0 Å². The molecule has 4 nitrogen and oxygen atoms in total. The Bertz CT molecular complexity index is 319. The number of hydrogen-bond donors (Lipinski definition) is 2. The Hall–Kier alpha value is -1.06. The van der Waals surface area contributed by atoms with Gasteiger partial charge in [-0.15, -0.1) is 0 Å². The third-order valence-corrected chi connectivity index (χ3v) is 3.86. The highest BCUT2D eigenvalue weighted by Crippen LogP contribution is 2.33. The Morgan fingerprint density at radius 2 is 1.79 bits per heavy atom. The van der Waals surface area contributed by atoms with Crippen LogP contribution in [0.15, 0.2) is 0 Å². The second kappa shape index (κ2) is 6.92. The Morgan fingerprint density at radius 3 is 2.26 bits per heavy atom. The van der Waals surface area contributed by atoms with E-state index in [0.717, 1.165) is 32.1 Å². The average Bonchev–Trinajstić information content (AvgIpc) is 2.62. The first kappa shape index (κ1) is 16.0. The lowest BCUT2D eigenvalue weighted by Gasteiger charge is -2.29. The lowest BCUT2D eigenvalue weighted by Crippen LogP contribution is -2.48. The Balaban J connectivity index is 2.50. The number of carboxylic acid groups (broad SMARTS) is 1. The molecule has 4 heteroatoms. The van der Waals surface area contributed by atoms with Gasteiger partial charge in [0.25, 0.3) is 0 Å². The van der Waals surface area contributed by atoms with E-state index in [1.165, 1.54) is 0 Å². The van der Waals surface area contributed by atoms with E-state index in [4.69, 9.17) is 5.11 Å². The topological polar surface area (TPSA) is 66.4 Å². The molecule has 0 saturated heterocycles. The number of aliphatic carboxylic acids is 1. The van der Waals surface area contributed by atoms with E-state index in [1.54, 1.807) is 0 Å². The minimum Gasteiger partial charge on any atom is -0.481 e.